The molecule has 130 valence electrons. The lowest BCUT2D eigenvalue weighted by molar-refractivity contribution is 0.231. The largest absolute Gasteiger partial charge is 0.290 e. The van der Waals surface area contributed by atoms with Crippen LogP contribution in [0.4, 0.5) is 0 Å². The molecule has 0 aliphatic heterocycles. The third-order valence-corrected chi connectivity index (χ3v) is 3.88. The monoisotopic (exact) mass is 314 g/mol. The van der Waals surface area contributed by atoms with Gasteiger partial charge in [0.1, 0.15) is 11.7 Å². The van der Waals surface area contributed by atoms with Gasteiger partial charge in [-0.15, -0.1) is 0 Å². The molecule has 0 aliphatic rings. The third kappa shape index (κ3) is 12.6. The summed E-state index contributed by atoms with van der Waals surface area (Å²) in [4.78, 5) is 7.88. The Labute approximate surface area is 135 Å². The van der Waals surface area contributed by atoms with Crippen LogP contribution in [-0.2, 0) is 0 Å². The summed E-state index contributed by atoms with van der Waals surface area (Å²) in [6.07, 6.45) is 14.0. The highest BCUT2D eigenvalue weighted by Crippen LogP contribution is 2.12. The van der Waals surface area contributed by atoms with Crippen LogP contribution in [0.5, 0.6) is 0 Å². The van der Waals surface area contributed by atoms with Crippen LogP contribution in [0.25, 0.3) is 0 Å². The minimum atomic E-state index is 0.674. The molecule has 0 atom stereocenters. The van der Waals surface area contributed by atoms with Gasteiger partial charge >= 0.3 is 0 Å². The first-order chi connectivity index (χ1) is 10.8. The van der Waals surface area contributed by atoms with Crippen LogP contribution in [0, 0.1) is 0 Å². The van der Waals surface area contributed by atoms with Crippen LogP contribution in [0.15, 0.2) is 9.98 Å². The standard InChI is InChI=1S/C16H34N4O2/c1-17-15(19-21)13-11-9-7-5-3-4-6-8-10-12-14-16(18-2)20-22/h21-22H,3-14H2,1-2H3,(H,17,19)(H,18,20). The number of rotatable bonds is 13. The van der Waals surface area contributed by atoms with Crippen LogP contribution < -0.4 is 11.0 Å². The molecule has 0 fully saturated rings. The highest BCUT2D eigenvalue weighted by molar-refractivity contribution is 5.81. The van der Waals surface area contributed by atoms with Crippen molar-refractivity contribution in [2.24, 2.45) is 9.98 Å². The number of nitrogens with one attached hydrogen (secondary N) is 2. The van der Waals surface area contributed by atoms with E-state index in [1.54, 1.807) is 14.1 Å². The molecule has 0 aromatic rings. The Hall–Kier alpha value is -1.14. The molecule has 0 saturated heterocycles. The number of hydrogen-bond donors (Lipinski definition) is 4. The SMILES string of the molecule is CN=C(CCCCCCCCCCCCC(=NC)NO)NO. The Bertz CT molecular complexity index is 277. The van der Waals surface area contributed by atoms with Gasteiger partial charge in [-0.1, -0.05) is 51.4 Å². The molecule has 0 radical (unpaired) electrons. The van der Waals surface area contributed by atoms with Crippen molar-refractivity contribution < 1.29 is 10.4 Å². The molecule has 0 heterocycles. The number of amidine groups is 2. The quantitative estimate of drug-likeness (QED) is 0.181. The molecule has 0 unspecified atom stereocenters. The molecule has 4 N–H and O–H groups in total. The summed E-state index contributed by atoms with van der Waals surface area (Å²) >= 11 is 0. The second-order valence-electron chi connectivity index (χ2n) is 5.60. The van der Waals surface area contributed by atoms with E-state index < -0.39 is 0 Å². The van der Waals surface area contributed by atoms with E-state index in [0.29, 0.717) is 11.7 Å². The fraction of sp³-hybridized carbons (Fsp3) is 0.875. The zero-order valence-electron chi connectivity index (χ0n) is 14.3. The third-order valence-electron chi connectivity index (χ3n) is 3.88. The maximum absolute atomic E-state index is 8.74. The lowest BCUT2D eigenvalue weighted by Crippen LogP contribution is -2.18. The minimum absolute atomic E-state index is 0.674. The van der Waals surface area contributed by atoms with Crippen LogP contribution in [0.1, 0.15) is 77.0 Å². The molecule has 0 aromatic carbocycles. The lowest BCUT2D eigenvalue weighted by atomic mass is 10.0. The van der Waals surface area contributed by atoms with E-state index in [-0.39, 0.29) is 0 Å². The van der Waals surface area contributed by atoms with Crippen molar-refractivity contribution in [3.63, 3.8) is 0 Å². The normalized spacial score (nSPS) is 12.5. The van der Waals surface area contributed by atoms with Crippen molar-refractivity contribution in [1.29, 1.82) is 0 Å². The predicted molar refractivity (Wildman–Crippen MR) is 92.0 cm³/mol. The maximum atomic E-state index is 8.74. The molecule has 0 rings (SSSR count). The van der Waals surface area contributed by atoms with E-state index in [9.17, 15) is 0 Å². The summed E-state index contributed by atoms with van der Waals surface area (Å²) < 4.78 is 0. The van der Waals surface area contributed by atoms with E-state index in [2.05, 4.69) is 20.9 Å². The zero-order valence-corrected chi connectivity index (χ0v) is 14.3. The van der Waals surface area contributed by atoms with Gasteiger partial charge in [-0.25, -0.2) is 0 Å². The van der Waals surface area contributed by atoms with Crippen LogP contribution in [-0.4, -0.2) is 36.2 Å². The first kappa shape index (κ1) is 20.9. The van der Waals surface area contributed by atoms with Crippen molar-refractivity contribution >= 4 is 11.7 Å². The van der Waals surface area contributed by atoms with E-state index in [1.165, 1.54) is 51.4 Å². The smallest absolute Gasteiger partial charge is 0.120 e. The Kier molecular flexibility index (Phi) is 15.4. The van der Waals surface area contributed by atoms with Crippen LogP contribution in [0.2, 0.25) is 0 Å². The first-order valence-electron chi connectivity index (χ1n) is 8.50. The summed E-state index contributed by atoms with van der Waals surface area (Å²) in [5, 5.41) is 17.5. The molecule has 0 spiro atoms. The average Bonchev–Trinajstić information content (AvgIpc) is 2.55. The molecular formula is C16H34N4O2. The topological polar surface area (TPSA) is 89.2 Å². The van der Waals surface area contributed by atoms with Gasteiger partial charge in [-0.05, 0) is 12.8 Å². The second kappa shape index (κ2) is 16.2. The maximum Gasteiger partial charge on any atom is 0.120 e. The molecular weight excluding hydrogens is 280 g/mol. The number of hydroxylamine groups is 2. The van der Waals surface area contributed by atoms with Gasteiger partial charge in [-0.3, -0.25) is 31.4 Å². The minimum Gasteiger partial charge on any atom is -0.290 e. The van der Waals surface area contributed by atoms with Gasteiger partial charge in [0.05, 0.1) is 0 Å². The number of aliphatic imine (C=N–C) groups is 2. The van der Waals surface area contributed by atoms with Crippen molar-refractivity contribution in [2.45, 2.75) is 77.0 Å². The van der Waals surface area contributed by atoms with Gasteiger partial charge in [0.2, 0.25) is 0 Å². The number of unbranched alkanes of at least 4 members (excludes halogenated alkanes) is 9. The van der Waals surface area contributed by atoms with Gasteiger partial charge in [0, 0.05) is 26.9 Å². The van der Waals surface area contributed by atoms with Gasteiger partial charge in [-0.2, -0.15) is 0 Å². The highest BCUT2D eigenvalue weighted by Gasteiger charge is 1.98. The van der Waals surface area contributed by atoms with Gasteiger partial charge in [0.25, 0.3) is 0 Å². The van der Waals surface area contributed by atoms with Crippen molar-refractivity contribution in [1.82, 2.24) is 11.0 Å². The fourth-order valence-corrected chi connectivity index (χ4v) is 2.43. The molecule has 0 saturated carbocycles. The van der Waals surface area contributed by atoms with E-state index in [0.717, 1.165) is 25.7 Å². The number of hydrogen-bond acceptors (Lipinski definition) is 4. The Balaban J connectivity index is 3.21. The summed E-state index contributed by atoms with van der Waals surface area (Å²) in [6.45, 7) is 0. The van der Waals surface area contributed by atoms with Crippen LogP contribution >= 0.6 is 0 Å². The second-order valence-corrected chi connectivity index (χ2v) is 5.60. The molecule has 6 heteroatoms. The van der Waals surface area contributed by atoms with Crippen molar-refractivity contribution in [3.8, 4) is 0 Å². The Morgan fingerprint density at radius 1 is 0.591 bits per heavy atom. The van der Waals surface area contributed by atoms with Crippen LogP contribution in [0.3, 0.4) is 0 Å². The molecule has 22 heavy (non-hydrogen) atoms. The predicted octanol–water partition coefficient (Wildman–Crippen LogP) is 3.68. The summed E-state index contributed by atoms with van der Waals surface area (Å²) in [6, 6.07) is 0. The average molecular weight is 314 g/mol. The Morgan fingerprint density at radius 2 is 0.864 bits per heavy atom. The van der Waals surface area contributed by atoms with Gasteiger partial charge in [0.15, 0.2) is 0 Å². The van der Waals surface area contributed by atoms with Gasteiger partial charge < -0.3 is 0 Å². The zero-order chi connectivity index (χ0) is 16.5. The summed E-state index contributed by atoms with van der Waals surface area (Å²) in [7, 11) is 3.38. The molecule has 6 nitrogen and oxygen atoms in total. The summed E-state index contributed by atoms with van der Waals surface area (Å²) in [5.74, 6) is 1.35. The summed E-state index contributed by atoms with van der Waals surface area (Å²) in [5.41, 5.74) is 4.25. The molecule has 0 aliphatic carbocycles. The highest BCUT2D eigenvalue weighted by atomic mass is 16.5. The van der Waals surface area contributed by atoms with E-state index >= 15 is 0 Å². The molecule has 0 bridgehead atoms. The lowest BCUT2D eigenvalue weighted by Gasteiger charge is -2.05. The molecule has 0 aromatic heterocycles. The Morgan fingerprint density at radius 3 is 1.09 bits per heavy atom. The first-order valence-corrected chi connectivity index (χ1v) is 8.50. The van der Waals surface area contributed by atoms with Crippen molar-refractivity contribution in [3.05, 3.63) is 0 Å². The number of nitrogens with zero attached hydrogens (tertiary/aromatic N) is 2. The van der Waals surface area contributed by atoms with E-state index in [4.69, 9.17) is 10.4 Å². The van der Waals surface area contributed by atoms with Crippen molar-refractivity contribution in [2.75, 3.05) is 14.1 Å². The fourth-order valence-electron chi connectivity index (χ4n) is 2.43. The van der Waals surface area contributed by atoms with E-state index in [1.807, 2.05) is 0 Å². The molecule has 0 amide bonds.